The number of rotatable bonds is 3. The molecule has 1 fully saturated rings. The van der Waals surface area contributed by atoms with E-state index in [1.807, 2.05) is 23.7 Å². The zero-order chi connectivity index (χ0) is 18.4. The molecule has 0 aliphatic heterocycles. The van der Waals surface area contributed by atoms with Crippen LogP contribution in [0.1, 0.15) is 37.4 Å². The zero-order valence-electron chi connectivity index (χ0n) is 14.9. The largest absolute Gasteiger partial charge is 0.391 e. The Bertz CT molecular complexity index is 1090. The fourth-order valence-electron chi connectivity index (χ4n) is 3.78. The molecule has 0 amide bonds. The number of aliphatic hydroxyl groups excluding tert-OH is 1. The van der Waals surface area contributed by atoms with Gasteiger partial charge in [0, 0.05) is 11.9 Å². The Morgan fingerprint density at radius 2 is 2.11 bits per heavy atom. The highest BCUT2D eigenvalue weighted by atomic mass is 16.3. The van der Waals surface area contributed by atoms with Gasteiger partial charge in [-0.25, -0.2) is 19.2 Å². The lowest BCUT2D eigenvalue weighted by atomic mass is 9.92. The van der Waals surface area contributed by atoms with E-state index in [-0.39, 0.29) is 6.04 Å². The van der Waals surface area contributed by atoms with Crippen molar-refractivity contribution in [3.8, 4) is 22.9 Å². The molecule has 2 N–H and O–H groups in total. The highest BCUT2D eigenvalue weighted by molar-refractivity contribution is 5.62. The zero-order valence-corrected chi connectivity index (χ0v) is 14.9. The van der Waals surface area contributed by atoms with Gasteiger partial charge in [0.15, 0.2) is 17.3 Å². The van der Waals surface area contributed by atoms with Crippen molar-refractivity contribution in [2.75, 3.05) is 0 Å². The van der Waals surface area contributed by atoms with E-state index in [0.29, 0.717) is 11.6 Å². The van der Waals surface area contributed by atoms with Crippen LogP contribution in [-0.2, 0) is 0 Å². The number of hydrogen-bond donors (Lipinski definition) is 2. The molecule has 4 aromatic rings. The third kappa shape index (κ3) is 2.62. The molecule has 5 rings (SSSR count). The molecule has 0 aromatic carbocycles. The monoisotopic (exact) mass is 364 g/mol. The van der Waals surface area contributed by atoms with Crippen LogP contribution in [0.25, 0.3) is 28.6 Å². The van der Waals surface area contributed by atoms with Gasteiger partial charge in [0.1, 0.15) is 5.69 Å². The molecule has 27 heavy (non-hydrogen) atoms. The Morgan fingerprint density at radius 3 is 2.93 bits per heavy atom. The molecule has 4 aromatic heterocycles. The smallest absolute Gasteiger partial charge is 0.185 e. The summed E-state index contributed by atoms with van der Waals surface area (Å²) in [7, 11) is 0. The molecule has 0 bridgehead atoms. The number of aliphatic hydroxyl groups is 1. The van der Waals surface area contributed by atoms with Crippen molar-refractivity contribution in [3.05, 3.63) is 36.4 Å². The first-order valence-electron chi connectivity index (χ1n) is 9.16. The third-order valence-electron chi connectivity index (χ3n) is 5.22. The van der Waals surface area contributed by atoms with Gasteiger partial charge in [-0.15, -0.1) is 5.10 Å². The molecular formula is C18H20N8O. The number of hydrogen-bond acceptors (Lipinski definition) is 6. The molecule has 0 spiro atoms. The Labute approximate surface area is 155 Å². The van der Waals surface area contributed by atoms with Crippen molar-refractivity contribution in [1.29, 1.82) is 0 Å². The molecule has 4 heterocycles. The molecule has 1 aliphatic carbocycles. The number of imidazole rings is 1. The van der Waals surface area contributed by atoms with E-state index in [9.17, 15) is 5.11 Å². The predicted octanol–water partition coefficient (Wildman–Crippen LogP) is 2.16. The van der Waals surface area contributed by atoms with Crippen LogP contribution in [0, 0.1) is 6.92 Å². The van der Waals surface area contributed by atoms with Gasteiger partial charge >= 0.3 is 0 Å². The summed E-state index contributed by atoms with van der Waals surface area (Å²) >= 11 is 0. The van der Waals surface area contributed by atoms with Gasteiger partial charge < -0.3 is 5.11 Å². The minimum Gasteiger partial charge on any atom is -0.391 e. The Balaban J connectivity index is 1.71. The van der Waals surface area contributed by atoms with Crippen molar-refractivity contribution in [3.63, 3.8) is 0 Å². The van der Waals surface area contributed by atoms with Gasteiger partial charge in [-0.1, -0.05) is 12.8 Å². The first-order valence-corrected chi connectivity index (χ1v) is 9.16. The minimum absolute atomic E-state index is 0.114. The van der Waals surface area contributed by atoms with E-state index < -0.39 is 6.10 Å². The normalized spacial score (nSPS) is 20.4. The van der Waals surface area contributed by atoms with E-state index in [2.05, 4.69) is 20.3 Å². The third-order valence-corrected chi connectivity index (χ3v) is 5.22. The molecule has 1 aliphatic rings. The van der Waals surface area contributed by atoms with Gasteiger partial charge in [0.25, 0.3) is 0 Å². The number of nitrogens with one attached hydrogen (secondary N) is 1. The summed E-state index contributed by atoms with van der Waals surface area (Å²) in [5.41, 5.74) is 3.25. The average Bonchev–Trinajstić information content (AvgIpc) is 3.39. The molecule has 138 valence electrons. The van der Waals surface area contributed by atoms with Gasteiger partial charge in [0.2, 0.25) is 0 Å². The van der Waals surface area contributed by atoms with Crippen LogP contribution in [0.4, 0.5) is 0 Å². The maximum atomic E-state index is 10.6. The van der Waals surface area contributed by atoms with E-state index in [4.69, 9.17) is 10.1 Å². The summed E-state index contributed by atoms with van der Waals surface area (Å²) in [6.45, 7) is 1.94. The molecule has 0 radical (unpaired) electrons. The molecule has 0 saturated heterocycles. The summed E-state index contributed by atoms with van der Waals surface area (Å²) in [6, 6.07) is 3.63. The van der Waals surface area contributed by atoms with Crippen LogP contribution < -0.4 is 0 Å². The van der Waals surface area contributed by atoms with E-state index in [1.54, 1.807) is 23.1 Å². The van der Waals surface area contributed by atoms with Gasteiger partial charge in [-0.3, -0.25) is 5.10 Å². The number of aromatic amines is 1. The van der Waals surface area contributed by atoms with Crippen molar-refractivity contribution >= 4 is 5.65 Å². The number of fused-ring (bicyclic) bond motifs is 1. The van der Waals surface area contributed by atoms with E-state index >= 15 is 0 Å². The Hall–Kier alpha value is -3.07. The maximum Gasteiger partial charge on any atom is 0.185 e. The summed E-state index contributed by atoms with van der Waals surface area (Å²) in [4.78, 5) is 9.22. The van der Waals surface area contributed by atoms with Gasteiger partial charge in [-0.2, -0.15) is 10.2 Å². The first kappa shape index (κ1) is 16.1. The lowest BCUT2D eigenvalue weighted by Gasteiger charge is -2.28. The van der Waals surface area contributed by atoms with Crippen LogP contribution in [0.15, 0.2) is 30.7 Å². The number of aryl methyl sites for hydroxylation is 1. The number of aromatic nitrogens is 8. The first-order chi connectivity index (χ1) is 13.2. The van der Waals surface area contributed by atoms with Crippen molar-refractivity contribution in [1.82, 2.24) is 39.6 Å². The van der Waals surface area contributed by atoms with Crippen molar-refractivity contribution < 1.29 is 5.11 Å². The molecule has 9 heteroatoms. The van der Waals surface area contributed by atoms with E-state index in [1.165, 1.54) is 0 Å². The summed E-state index contributed by atoms with van der Waals surface area (Å²) in [5, 5.41) is 26.8. The summed E-state index contributed by atoms with van der Waals surface area (Å²) in [6.07, 6.45) is 8.49. The molecule has 1 saturated carbocycles. The number of H-pyrrole nitrogens is 1. The maximum absolute atomic E-state index is 10.6. The lowest BCUT2D eigenvalue weighted by Crippen LogP contribution is -2.29. The standard InChI is InChI=1S/C18H20N8O/c1-11-12(9-20-23-11)17-22-18(14-10-19-16-7-4-8-21-25(14)16)26(24-17)13-5-2-3-6-15(13)27/h4,7-10,13,15,27H,2-3,5-6H2,1H3,(H,20,23)/t13-,15-/m1/s1. The van der Waals surface area contributed by atoms with Gasteiger partial charge in [-0.05, 0) is 31.9 Å². The molecule has 9 nitrogen and oxygen atoms in total. The fraction of sp³-hybridized carbons (Fsp3) is 0.389. The minimum atomic E-state index is -0.440. The number of nitrogens with zero attached hydrogens (tertiary/aromatic N) is 7. The second-order valence-corrected chi connectivity index (χ2v) is 6.97. The molecule has 2 atom stereocenters. The Morgan fingerprint density at radius 1 is 1.22 bits per heavy atom. The van der Waals surface area contributed by atoms with Crippen LogP contribution in [0.2, 0.25) is 0 Å². The topological polar surface area (TPSA) is 110 Å². The summed E-state index contributed by atoms with van der Waals surface area (Å²) < 4.78 is 3.60. The summed E-state index contributed by atoms with van der Waals surface area (Å²) in [5.74, 6) is 1.24. The van der Waals surface area contributed by atoms with Crippen LogP contribution in [-0.4, -0.2) is 50.8 Å². The second-order valence-electron chi connectivity index (χ2n) is 6.97. The SMILES string of the molecule is Cc1[nH]ncc1-c1nc(-c2cnc3cccnn23)n([C@@H]2CCCC[C@H]2O)n1. The van der Waals surface area contributed by atoms with E-state index in [0.717, 1.165) is 48.3 Å². The Kier molecular flexibility index (Phi) is 3.75. The lowest BCUT2D eigenvalue weighted by molar-refractivity contribution is 0.0702. The van der Waals surface area contributed by atoms with Gasteiger partial charge in [0.05, 0.1) is 30.1 Å². The van der Waals surface area contributed by atoms with Crippen LogP contribution >= 0.6 is 0 Å². The average molecular weight is 364 g/mol. The highest BCUT2D eigenvalue weighted by Gasteiger charge is 2.30. The highest BCUT2D eigenvalue weighted by Crippen LogP contribution is 2.33. The van der Waals surface area contributed by atoms with Crippen LogP contribution in [0.3, 0.4) is 0 Å². The van der Waals surface area contributed by atoms with Crippen molar-refractivity contribution in [2.24, 2.45) is 0 Å². The van der Waals surface area contributed by atoms with Crippen LogP contribution in [0.5, 0.6) is 0 Å². The van der Waals surface area contributed by atoms with Crippen molar-refractivity contribution in [2.45, 2.75) is 44.8 Å². The fourth-order valence-corrected chi connectivity index (χ4v) is 3.78. The second kappa shape index (κ2) is 6.27. The quantitative estimate of drug-likeness (QED) is 0.576. The molecular weight excluding hydrogens is 344 g/mol. The predicted molar refractivity (Wildman–Crippen MR) is 97.8 cm³/mol. The molecule has 0 unspecified atom stereocenters.